The maximum absolute atomic E-state index is 13.2. The summed E-state index contributed by atoms with van der Waals surface area (Å²) in [6, 6.07) is 4.89. The van der Waals surface area contributed by atoms with Gasteiger partial charge in [0.25, 0.3) is 5.78 Å². The predicted molar refractivity (Wildman–Crippen MR) is 105 cm³/mol. The van der Waals surface area contributed by atoms with Crippen LogP contribution in [0.1, 0.15) is 26.6 Å². The molecule has 15 heteroatoms. The van der Waals surface area contributed by atoms with Gasteiger partial charge in [0.1, 0.15) is 21.2 Å². The Kier molecular flexibility index (Phi) is 5.38. The quantitative estimate of drug-likeness (QED) is 0.247. The van der Waals surface area contributed by atoms with Crippen LogP contribution in [0.2, 0.25) is 0 Å². The molecule has 3 heterocycles. The van der Waals surface area contributed by atoms with Crippen molar-refractivity contribution in [3.05, 3.63) is 62.6 Å². The number of thiophene rings is 1. The second kappa shape index (κ2) is 7.86. The summed E-state index contributed by atoms with van der Waals surface area (Å²) >= 11 is 0.558. The standard InChI is InChI=1S/C19H10F6N4O4S/c1-7-6-10(18(20,21)22)27-16-11(7)12(26)15(34-16)14(30)13-17(31)33-28-29(13)8-2-4-9(5-3-8)32-19(23,24)25/h2-6H,1H3,(H2-,26,28,30,31)/p+1. The van der Waals surface area contributed by atoms with Crippen LogP contribution in [0, 0.1) is 6.92 Å². The van der Waals surface area contributed by atoms with Gasteiger partial charge in [-0.3, -0.25) is 9.32 Å². The van der Waals surface area contributed by atoms with Crippen LogP contribution in [0.15, 0.2) is 39.6 Å². The van der Waals surface area contributed by atoms with E-state index in [4.69, 9.17) is 5.73 Å². The fourth-order valence-electron chi connectivity index (χ4n) is 3.18. The number of alkyl halides is 6. The van der Waals surface area contributed by atoms with E-state index in [0.29, 0.717) is 11.3 Å². The van der Waals surface area contributed by atoms with E-state index in [2.05, 4.69) is 19.5 Å². The summed E-state index contributed by atoms with van der Waals surface area (Å²) in [7, 11) is 0. The van der Waals surface area contributed by atoms with Crippen LogP contribution in [0.4, 0.5) is 32.0 Å². The molecule has 0 saturated heterocycles. The lowest BCUT2D eigenvalue weighted by atomic mass is 10.1. The zero-order valence-corrected chi connectivity index (χ0v) is 17.5. The van der Waals surface area contributed by atoms with Crippen LogP contribution in [0.25, 0.3) is 15.9 Å². The Morgan fingerprint density at radius 2 is 1.82 bits per heavy atom. The van der Waals surface area contributed by atoms with Crippen LogP contribution in [0.5, 0.6) is 5.75 Å². The first-order chi connectivity index (χ1) is 15.8. The minimum absolute atomic E-state index is 0.0251. The van der Waals surface area contributed by atoms with Crippen molar-refractivity contribution < 1.29 is 45.1 Å². The molecule has 4 aromatic rings. The summed E-state index contributed by atoms with van der Waals surface area (Å²) in [6.07, 6.45) is -9.65. The first kappa shape index (κ1) is 23.3. The van der Waals surface area contributed by atoms with E-state index in [1.165, 1.54) is 6.92 Å². The van der Waals surface area contributed by atoms with Crippen molar-refractivity contribution in [3.8, 4) is 11.4 Å². The number of fused-ring (bicyclic) bond motifs is 1. The van der Waals surface area contributed by atoms with Gasteiger partial charge >= 0.3 is 23.9 Å². The van der Waals surface area contributed by atoms with Crippen LogP contribution in [0.3, 0.4) is 0 Å². The summed E-state index contributed by atoms with van der Waals surface area (Å²) in [6.45, 7) is 1.37. The number of benzene rings is 1. The monoisotopic (exact) mass is 505 g/mol. The van der Waals surface area contributed by atoms with Crippen molar-refractivity contribution in [3.63, 3.8) is 0 Å². The smallest absolute Gasteiger partial charge is 0.406 e. The number of ether oxygens (including phenoxy) is 1. The van der Waals surface area contributed by atoms with Crippen LogP contribution in [-0.4, -0.2) is 22.4 Å². The Hall–Kier alpha value is -3.88. The summed E-state index contributed by atoms with van der Waals surface area (Å²) < 4.78 is 85.7. The molecule has 178 valence electrons. The Balaban J connectivity index is 1.78. The highest BCUT2D eigenvalue weighted by atomic mass is 32.1. The van der Waals surface area contributed by atoms with E-state index in [1.54, 1.807) is 0 Å². The molecule has 3 aromatic heterocycles. The highest BCUT2D eigenvalue weighted by molar-refractivity contribution is 7.21. The largest absolute Gasteiger partial charge is 0.573 e. The van der Waals surface area contributed by atoms with Gasteiger partial charge in [0.05, 0.1) is 5.69 Å². The van der Waals surface area contributed by atoms with Crippen molar-refractivity contribution in [1.82, 2.24) is 10.3 Å². The van der Waals surface area contributed by atoms with Gasteiger partial charge in [-0.05, 0) is 40.6 Å². The van der Waals surface area contributed by atoms with Gasteiger partial charge in [0, 0.05) is 17.5 Å². The van der Waals surface area contributed by atoms with Gasteiger partial charge < -0.3 is 10.5 Å². The molecule has 0 atom stereocenters. The molecule has 4 rings (SSSR count). The van der Waals surface area contributed by atoms with Crippen molar-refractivity contribution in [2.75, 3.05) is 5.73 Å². The molecule has 0 amide bonds. The number of anilines is 1. The minimum atomic E-state index is -4.92. The van der Waals surface area contributed by atoms with Crippen molar-refractivity contribution in [2.24, 2.45) is 0 Å². The highest BCUT2D eigenvalue weighted by Gasteiger charge is 2.37. The normalized spacial score (nSPS) is 12.3. The summed E-state index contributed by atoms with van der Waals surface area (Å²) in [5, 5.41) is 2.27. The molecule has 0 radical (unpaired) electrons. The maximum Gasteiger partial charge on any atom is 0.573 e. The average Bonchev–Trinajstić information content (AvgIpc) is 3.26. The number of aromatic amines is 1. The van der Waals surface area contributed by atoms with Gasteiger partial charge in [-0.15, -0.1) is 24.5 Å². The number of halogens is 6. The van der Waals surface area contributed by atoms with Gasteiger partial charge in [-0.25, -0.2) is 9.78 Å². The molecule has 0 spiro atoms. The van der Waals surface area contributed by atoms with Crippen molar-refractivity contribution >= 4 is 33.0 Å². The number of carbonyl (C=O) groups is 1. The molecule has 0 aliphatic rings. The average molecular weight is 505 g/mol. The molecule has 0 aliphatic heterocycles. The van der Waals surface area contributed by atoms with E-state index in [-0.39, 0.29) is 32.0 Å². The number of rotatable bonds is 4. The van der Waals surface area contributed by atoms with E-state index >= 15 is 0 Å². The molecule has 0 saturated carbocycles. The number of nitrogen functional groups attached to an aromatic ring is 1. The summed E-state index contributed by atoms with van der Waals surface area (Å²) in [5.74, 6) is -1.54. The fraction of sp³-hybridized carbons (Fsp3) is 0.158. The zero-order valence-electron chi connectivity index (χ0n) is 16.7. The molecule has 0 unspecified atom stereocenters. The van der Waals surface area contributed by atoms with E-state index in [9.17, 15) is 35.9 Å². The third kappa shape index (κ3) is 4.21. The number of nitrogens with two attached hydrogens (primary N) is 1. The molecule has 0 bridgehead atoms. The number of H-pyrrole nitrogens is 1. The van der Waals surface area contributed by atoms with Crippen LogP contribution in [-0.2, 0) is 6.18 Å². The second-order valence-electron chi connectivity index (χ2n) is 6.88. The fourth-order valence-corrected chi connectivity index (χ4v) is 4.29. The number of aromatic nitrogens is 3. The van der Waals surface area contributed by atoms with Gasteiger partial charge in [0.15, 0.2) is 0 Å². The van der Waals surface area contributed by atoms with Crippen LogP contribution < -0.4 is 20.8 Å². The second-order valence-corrected chi connectivity index (χ2v) is 7.88. The first-order valence-corrected chi connectivity index (χ1v) is 9.89. The molecule has 1 aromatic carbocycles. The number of aryl methyl sites for hydroxylation is 1. The van der Waals surface area contributed by atoms with E-state index in [1.807, 2.05) is 0 Å². The van der Waals surface area contributed by atoms with E-state index < -0.39 is 41.1 Å². The van der Waals surface area contributed by atoms with Gasteiger partial charge in [0.2, 0.25) is 5.69 Å². The van der Waals surface area contributed by atoms with E-state index in [0.717, 1.165) is 35.0 Å². The molecule has 0 aliphatic carbocycles. The Morgan fingerprint density at radius 1 is 1.18 bits per heavy atom. The summed E-state index contributed by atoms with van der Waals surface area (Å²) in [4.78, 5) is 28.5. The van der Waals surface area contributed by atoms with Crippen molar-refractivity contribution in [2.45, 2.75) is 19.5 Å². The number of hydrogen-bond acceptors (Lipinski definition) is 7. The molecule has 0 fully saturated rings. The van der Waals surface area contributed by atoms with Gasteiger partial charge in [-0.2, -0.15) is 13.2 Å². The Bertz CT molecular complexity index is 1470. The third-order valence-electron chi connectivity index (χ3n) is 4.58. The number of nitrogens with zero attached hydrogens (tertiary/aromatic N) is 2. The molecule has 8 nitrogen and oxygen atoms in total. The SMILES string of the molecule is Cc1cc(C(F)(F)F)nc2sc(C(=O)c3c(=O)o[nH][n+]3-c3ccc(OC(F)(F)F)cc3)c(N)c12. The maximum atomic E-state index is 13.2. The number of hydrogen-bond donors (Lipinski definition) is 2. The molecular formula is C19H11F6N4O4S+. The molecule has 34 heavy (non-hydrogen) atoms. The highest BCUT2D eigenvalue weighted by Crippen LogP contribution is 2.38. The van der Waals surface area contributed by atoms with Gasteiger partial charge in [-0.1, -0.05) is 0 Å². The van der Waals surface area contributed by atoms with Crippen molar-refractivity contribution in [1.29, 1.82) is 0 Å². The number of carbonyl (C=O) groups excluding carboxylic acids is 1. The predicted octanol–water partition coefficient (Wildman–Crippen LogP) is 3.89. The number of nitrogens with one attached hydrogen (secondary N) is 1. The lowest BCUT2D eigenvalue weighted by Gasteiger charge is -2.07. The minimum Gasteiger partial charge on any atom is -0.406 e. The third-order valence-corrected chi connectivity index (χ3v) is 5.68. The first-order valence-electron chi connectivity index (χ1n) is 9.07. The molecular weight excluding hydrogens is 494 g/mol. The number of pyridine rings is 1. The number of ketones is 1. The topological polar surface area (TPSA) is 115 Å². The lowest BCUT2D eigenvalue weighted by molar-refractivity contribution is -0.672. The Labute approximate surface area is 188 Å². The zero-order chi connectivity index (χ0) is 25.0. The Morgan fingerprint density at radius 3 is 2.41 bits per heavy atom. The molecule has 3 N–H and O–H groups in total. The van der Waals surface area contributed by atoms with Crippen LogP contribution >= 0.6 is 11.3 Å². The lowest BCUT2D eigenvalue weighted by Crippen LogP contribution is -2.41. The summed E-state index contributed by atoms with van der Waals surface area (Å²) in [5.41, 5.74) is 3.06.